The first-order valence-electron chi connectivity index (χ1n) is 8.43. The molecule has 0 bridgehead atoms. The number of amides is 1. The number of piperidine rings is 1. The van der Waals surface area contributed by atoms with Crippen LogP contribution in [0.2, 0.25) is 0 Å². The Balaban J connectivity index is 1.73. The molecule has 2 aliphatic rings. The van der Waals surface area contributed by atoms with Crippen molar-refractivity contribution in [2.75, 3.05) is 31.6 Å². The van der Waals surface area contributed by atoms with E-state index >= 15 is 0 Å². The van der Waals surface area contributed by atoms with Crippen LogP contribution in [0.3, 0.4) is 0 Å². The number of Topliss-reactive ketones (excluding diaryl/α,β-unsaturated/α-hetero) is 1. The van der Waals surface area contributed by atoms with Crippen LogP contribution in [-0.2, 0) is 9.59 Å². The first kappa shape index (κ1) is 17.4. The molecule has 0 spiro atoms. The number of ketones is 1. The summed E-state index contributed by atoms with van der Waals surface area (Å²) in [5, 5.41) is 9.08. The quantitative estimate of drug-likeness (QED) is 0.830. The molecule has 1 saturated heterocycles. The fraction of sp³-hybridized carbons (Fsp3) is 0.500. The molecule has 0 saturated carbocycles. The molecule has 1 aromatic carbocycles. The van der Waals surface area contributed by atoms with Crippen molar-refractivity contribution in [2.24, 2.45) is 5.92 Å². The van der Waals surface area contributed by atoms with Crippen LogP contribution >= 0.6 is 0 Å². The van der Waals surface area contributed by atoms with Crippen LogP contribution in [0.25, 0.3) is 0 Å². The van der Waals surface area contributed by atoms with Crippen LogP contribution in [0, 0.1) is 5.92 Å². The SMILES string of the molecule is CC(C(=O)c1ccc2c(c1)N(C)C(=O)CO2)N1CCC(C(=O)O)CC1. The maximum absolute atomic E-state index is 12.8. The van der Waals surface area contributed by atoms with Gasteiger partial charge in [-0.15, -0.1) is 0 Å². The van der Waals surface area contributed by atoms with Gasteiger partial charge >= 0.3 is 5.97 Å². The highest BCUT2D eigenvalue weighted by Crippen LogP contribution is 2.32. The minimum absolute atomic E-state index is 0.00567. The number of carboxylic acid groups (broad SMARTS) is 1. The molecule has 1 atom stereocenters. The molecule has 7 heteroatoms. The fourth-order valence-corrected chi connectivity index (χ4v) is 3.37. The second-order valence-electron chi connectivity index (χ2n) is 6.61. The van der Waals surface area contributed by atoms with E-state index in [0.29, 0.717) is 42.9 Å². The number of anilines is 1. The van der Waals surface area contributed by atoms with E-state index in [1.165, 1.54) is 4.90 Å². The van der Waals surface area contributed by atoms with Crippen molar-refractivity contribution in [3.05, 3.63) is 23.8 Å². The predicted molar refractivity (Wildman–Crippen MR) is 91.1 cm³/mol. The molecule has 3 rings (SSSR count). The van der Waals surface area contributed by atoms with Gasteiger partial charge in [-0.3, -0.25) is 19.3 Å². The average molecular weight is 346 g/mol. The molecule has 0 radical (unpaired) electrons. The lowest BCUT2D eigenvalue weighted by Crippen LogP contribution is -2.45. The number of nitrogens with zero attached hydrogens (tertiary/aromatic N) is 2. The summed E-state index contributed by atoms with van der Waals surface area (Å²) in [6.45, 7) is 3.03. The summed E-state index contributed by atoms with van der Waals surface area (Å²) < 4.78 is 5.38. The Morgan fingerprint density at radius 3 is 2.60 bits per heavy atom. The molecule has 1 unspecified atom stereocenters. The highest BCUT2D eigenvalue weighted by Gasteiger charge is 2.31. The molecule has 2 heterocycles. The monoisotopic (exact) mass is 346 g/mol. The highest BCUT2D eigenvalue weighted by atomic mass is 16.5. The number of likely N-dealkylation sites (tertiary alicyclic amines) is 1. The van der Waals surface area contributed by atoms with Crippen molar-refractivity contribution in [3.8, 4) is 5.75 Å². The topological polar surface area (TPSA) is 87.2 Å². The average Bonchev–Trinajstić information content (AvgIpc) is 2.63. The van der Waals surface area contributed by atoms with Gasteiger partial charge in [0.1, 0.15) is 5.75 Å². The number of rotatable bonds is 4. The molecule has 1 N–H and O–H groups in total. The lowest BCUT2D eigenvalue weighted by Gasteiger charge is -2.34. The van der Waals surface area contributed by atoms with Gasteiger partial charge in [-0.05, 0) is 51.1 Å². The number of likely N-dealkylation sites (N-methyl/N-ethyl adjacent to an activating group) is 1. The zero-order valence-corrected chi connectivity index (χ0v) is 14.4. The summed E-state index contributed by atoms with van der Waals surface area (Å²) >= 11 is 0. The lowest BCUT2D eigenvalue weighted by atomic mass is 9.94. The Kier molecular flexibility index (Phi) is 4.76. The molecule has 7 nitrogen and oxygen atoms in total. The second kappa shape index (κ2) is 6.84. The number of carboxylic acids is 1. The van der Waals surface area contributed by atoms with E-state index in [9.17, 15) is 14.4 Å². The number of fused-ring (bicyclic) bond motifs is 1. The van der Waals surface area contributed by atoms with Gasteiger partial charge in [-0.1, -0.05) is 0 Å². The first-order chi connectivity index (χ1) is 11.9. The van der Waals surface area contributed by atoms with Crippen LogP contribution in [0.4, 0.5) is 5.69 Å². The van der Waals surface area contributed by atoms with Crippen molar-refractivity contribution < 1.29 is 24.2 Å². The Bertz CT molecular complexity index is 709. The minimum atomic E-state index is -0.763. The van der Waals surface area contributed by atoms with Gasteiger partial charge in [0.05, 0.1) is 17.6 Å². The van der Waals surface area contributed by atoms with Crippen molar-refractivity contribution in [1.29, 1.82) is 0 Å². The smallest absolute Gasteiger partial charge is 0.306 e. The Hall–Kier alpha value is -2.41. The van der Waals surface area contributed by atoms with E-state index in [1.54, 1.807) is 25.2 Å². The van der Waals surface area contributed by atoms with Crippen molar-refractivity contribution in [3.63, 3.8) is 0 Å². The van der Waals surface area contributed by atoms with Gasteiger partial charge in [-0.2, -0.15) is 0 Å². The maximum Gasteiger partial charge on any atom is 0.306 e. The Morgan fingerprint density at radius 2 is 1.96 bits per heavy atom. The van der Waals surface area contributed by atoms with Gasteiger partial charge in [-0.25, -0.2) is 0 Å². The molecule has 0 aliphatic carbocycles. The summed E-state index contributed by atoms with van der Waals surface area (Å²) in [4.78, 5) is 39.2. The summed E-state index contributed by atoms with van der Waals surface area (Å²) in [7, 11) is 1.66. The summed E-state index contributed by atoms with van der Waals surface area (Å²) in [5.74, 6) is -0.683. The molecular weight excluding hydrogens is 324 g/mol. The van der Waals surface area contributed by atoms with E-state index in [4.69, 9.17) is 9.84 Å². The molecule has 2 aliphatic heterocycles. The highest BCUT2D eigenvalue weighted by molar-refractivity contribution is 6.03. The molecule has 0 aromatic heterocycles. The summed E-state index contributed by atoms with van der Waals surface area (Å²) in [5.41, 5.74) is 1.12. The molecule has 25 heavy (non-hydrogen) atoms. The number of carbonyl (C=O) groups is 3. The third-order valence-corrected chi connectivity index (χ3v) is 5.14. The van der Waals surface area contributed by atoms with Crippen LogP contribution in [-0.4, -0.2) is 60.5 Å². The van der Waals surface area contributed by atoms with Crippen LogP contribution in [0.5, 0.6) is 5.75 Å². The van der Waals surface area contributed by atoms with E-state index in [1.807, 2.05) is 11.8 Å². The number of ether oxygens (including phenoxy) is 1. The number of benzene rings is 1. The molecular formula is C18H22N2O5. The third-order valence-electron chi connectivity index (χ3n) is 5.14. The van der Waals surface area contributed by atoms with Gasteiger partial charge in [0.15, 0.2) is 12.4 Å². The van der Waals surface area contributed by atoms with Gasteiger partial charge in [0.25, 0.3) is 5.91 Å². The molecule has 1 fully saturated rings. The van der Waals surface area contributed by atoms with Crippen LogP contribution < -0.4 is 9.64 Å². The summed E-state index contributed by atoms with van der Waals surface area (Å²) in [6.07, 6.45) is 1.12. The van der Waals surface area contributed by atoms with E-state index in [-0.39, 0.29) is 30.3 Å². The van der Waals surface area contributed by atoms with E-state index in [0.717, 1.165) is 0 Å². The van der Waals surface area contributed by atoms with Gasteiger partial charge in [0, 0.05) is 12.6 Å². The van der Waals surface area contributed by atoms with Crippen LogP contribution in [0.1, 0.15) is 30.1 Å². The fourth-order valence-electron chi connectivity index (χ4n) is 3.37. The van der Waals surface area contributed by atoms with Crippen molar-refractivity contribution in [1.82, 2.24) is 4.90 Å². The first-order valence-corrected chi connectivity index (χ1v) is 8.43. The number of aliphatic carboxylic acids is 1. The Morgan fingerprint density at radius 1 is 1.28 bits per heavy atom. The number of carbonyl (C=O) groups excluding carboxylic acids is 2. The van der Waals surface area contributed by atoms with Crippen molar-refractivity contribution in [2.45, 2.75) is 25.8 Å². The normalized spacial score (nSPS) is 19.9. The largest absolute Gasteiger partial charge is 0.482 e. The number of hydrogen-bond donors (Lipinski definition) is 1. The second-order valence-corrected chi connectivity index (χ2v) is 6.61. The molecule has 1 aromatic rings. The predicted octanol–water partition coefficient (Wildman–Crippen LogP) is 1.41. The van der Waals surface area contributed by atoms with Gasteiger partial charge in [0.2, 0.25) is 0 Å². The van der Waals surface area contributed by atoms with E-state index < -0.39 is 5.97 Å². The third kappa shape index (κ3) is 3.37. The van der Waals surface area contributed by atoms with Crippen LogP contribution in [0.15, 0.2) is 18.2 Å². The lowest BCUT2D eigenvalue weighted by molar-refractivity contribution is -0.143. The standard InChI is InChI=1S/C18H22N2O5/c1-11(20-7-5-12(6-8-20)18(23)24)17(22)13-3-4-15-14(9-13)19(2)16(21)10-25-15/h3-4,9,11-12H,5-8,10H2,1-2H3,(H,23,24). The van der Waals surface area contributed by atoms with Crippen molar-refractivity contribution >= 4 is 23.3 Å². The summed E-state index contributed by atoms with van der Waals surface area (Å²) in [6, 6.07) is 4.79. The number of hydrogen-bond acceptors (Lipinski definition) is 5. The molecule has 1 amide bonds. The Labute approximate surface area is 146 Å². The minimum Gasteiger partial charge on any atom is -0.482 e. The van der Waals surface area contributed by atoms with Gasteiger partial charge < -0.3 is 14.7 Å². The van der Waals surface area contributed by atoms with E-state index in [2.05, 4.69) is 0 Å². The maximum atomic E-state index is 12.8. The zero-order chi connectivity index (χ0) is 18.1. The zero-order valence-electron chi connectivity index (χ0n) is 14.4. The molecule has 134 valence electrons.